The normalized spacial score (nSPS) is 19.7. The molecule has 10 nitrogen and oxygen atoms in total. The lowest BCUT2D eigenvalue weighted by molar-refractivity contribution is -0.125. The number of benzene rings is 2. The van der Waals surface area contributed by atoms with E-state index in [0.717, 1.165) is 4.90 Å². The van der Waals surface area contributed by atoms with Crippen molar-refractivity contribution in [2.45, 2.75) is 24.6 Å². The number of nitrogens with two attached hydrogens (primary N) is 1. The van der Waals surface area contributed by atoms with Crippen LogP contribution in [0.25, 0.3) is 10.9 Å². The van der Waals surface area contributed by atoms with Gasteiger partial charge in [-0.2, -0.15) is 0 Å². The van der Waals surface area contributed by atoms with Crippen molar-refractivity contribution in [1.29, 1.82) is 0 Å². The molecule has 4 rings (SSSR count). The van der Waals surface area contributed by atoms with E-state index in [1.807, 2.05) is 0 Å². The number of hydrogen-bond acceptors (Lipinski definition) is 5. The molecule has 4 amide bonds. The molecule has 1 aliphatic heterocycles. The first-order valence-corrected chi connectivity index (χ1v) is 11.0. The molecule has 3 aromatic rings. The van der Waals surface area contributed by atoms with E-state index in [1.54, 1.807) is 24.3 Å². The van der Waals surface area contributed by atoms with Gasteiger partial charge in [-0.3, -0.25) is 9.36 Å². The molecule has 12 heteroatoms. The van der Waals surface area contributed by atoms with Gasteiger partial charge < -0.3 is 31.5 Å². The van der Waals surface area contributed by atoms with Gasteiger partial charge >= 0.3 is 12.1 Å². The van der Waals surface area contributed by atoms with Gasteiger partial charge in [0.1, 0.15) is 17.5 Å². The first kappa shape index (κ1) is 24.5. The van der Waals surface area contributed by atoms with Crippen molar-refractivity contribution in [3.05, 3.63) is 65.1 Å². The number of halogens is 2. The molecular weight excluding hydrogens is 481 g/mol. The molecule has 0 unspecified atom stereocenters. The fourth-order valence-electron chi connectivity index (χ4n) is 4.16. The number of β-amino-alcohol motifs (C(OH)–C–C–N with tert-alkyl or cyclic N) is 1. The van der Waals surface area contributed by atoms with E-state index in [2.05, 4.69) is 10.6 Å². The van der Waals surface area contributed by atoms with Gasteiger partial charge in [0.15, 0.2) is 0 Å². The summed E-state index contributed by atoms with van der Waals surface area (Å²) in [6.45, 7) is -1.20. The van der Waals surface area contributed by atoms with E-state index in [9.17, 15) is 29.0 Å². The Morgan fingerprint density at radius 1 is 1.20 bits per heavy atom. The van der Waals surface area contributed by atoms with Gasteiger partial charge in [0.05, 0.1) is 29.4 Å². The number of likely N-dealkylation sites (tertiary alicyclic amines) is 1. The Hall–Kier alpha value is -3.67. The van der Waals surface area contributed by atoms with Crippen LogP contribution in [-0.4, -0.2) is 62.4 Å². The second kappa shape index (κ2) is 9.53. The molecule has 0 spiro atoms. The van der Waals surface area contributed by atoms with Crippen LogP contribution in [0.4, 0.5) is 19.7 Å². The Bertz CT molecular complexity index is 1310. The maximum absolute atomic E-state index is 14.2. The number of nitrogens with one attached hydrogen (secondary N) is 2. The van der Waals surface area contributed by atoms with Crippen LogP contribution in [0.1, 0.15) is 12.0 Å². The summed E-state index contributed by atoms with van der Waals surface area (Å²) >= 11 is 5.78. The van der Waals surface area contributed by atoms with Crippen molar-refractivity contribution in [3.63, 3.8) is 0 Å². The molecule has 2 atom stereocenters. The molecule has 6 N–H and O–H groups in total. The first-order valence-electron chi connectivity index (χ1n) is 10.6. The monoisotopic (exact) mass is 503 g/mol. The van der Waals surface area contributed by atoms with Crippen molar-refractivity contribution in [2.75, 3.05) is 18.5 Å². The fraction of sp³-hybridized carbons (Fsp3) is 0.261. The number of primary amides is 1. The molecule has 184 valence electrons. The number of aliphatic hydroxyl groups excluding tert-OH is 1. The second-order valence-electron chi connectivity index (χ2n) is 8.36. The van der Waals surface area contributed by atoms with Crippen molar-refractivity contribution < 1.29 is 29.0 Å². The van der Waals surface area contributed by atoms with Crippen LogP contribution in [0.3, 0.4) is 0 Å². The summed E-state index contributed by atoms with van der Waals surface area (Å²) in [5.74, 6) is -1.32. The maximum Gasteiger partial charge on any atom is 0.323 e. The standard InChI is InChI=1S/C23H23ClFN5O5/c24-15-6-3-4-13(19(15)25)9-27-20(32)18-8-23(35,12-31)11-30(18)22(34)28-16-10-29(21(26)33)17-7-2-1-5-14(16)17/h1-7,10,18,31,35H,8-9,11-12H2,(H2,26,33)(H,27,32)(H,28,34)/t18-,23+/m0/s1. The highest BCUT2D eigenvalue weighted by atomic mass is 35.5. The van der Waals surface area contributed by atoms with Crippen molar-refractivity contribution in [1.82, 2.24) is 14.8 Å². The van der Waals surface area contributed by atoms with Gasteiger partial charge in [0.25, 0.3) is 0 Å². The van der Waals surface area contributed by atoms with Crippen molar-refractivity contribution >= 4 is 46.2 Å². The second-order valence-corrected chi connectivity index (χ2v) is 8.77. The Kier molecular flexibility index (Phi) is 6.66. The SMILES string of the molecule is NC(=O)n1cc(NC(=O)N2C[C@@](O)(CO)C[C@H]2C(=O)NCc2cccc(Cl)c2F)c2ccccc21. The molecular formula is C23H23ClFN5O5. The molecule has 1 saturated heterocycles. The topological polar surface area (TPSA) is 150 Å². The number of aromatic nitrogens is 1. The molecule has 0 radical (unpaired) electrons. The summed E-state index contributed by atoms with van der Waals surface area (Å²) in [7, 11) is 0. The van der Waals surface area contributed by atoms with Gasteiger partial charge in [-0.05, 0) is 12.1 Å². The summed E-state index contributed by atoms with van der Waals surface area (Å²) in [4.78, 5) is 39.0. The van der Waals surface area contributed by atoms with E-state index in [0.29, 0.717) is 10.9 Å². The van der Waals surface area contributed by atoms with Gasteiger partial charge in [-0.1, -0.05) is 41.9 Å². The van der Waals surface area contributed by atoms with Crippen LogP contribution in [0.2, 0.25) is 5.02 Å². The summed E-state index contributed by atoms with van der Waals surface area (Å²) in [5.41, 5.74) is 4.60. The number of nitrogens with zero attached hydrogens (tertiary/aromatic N) is 2. The number of para-hydroxylation sites is 1. The number of fused-ring (bicyclic) bond motifs is 1. The number of anilines is 1. The predicted octanol–water partition coefficient (Wildman–Crippen LogP) is 2.01. The van der Waals surface area contributed by atoms with Gasteiger partial charge in [0, 0.05) is 30.1 Å². The lowest BCUT2D eigenvalue weighted by atomic mass is 10.0. The lowest BCUT2D eigenvalue weighted by Crippen LogP contribution is -2.47. The Labute approximate surface area is 204 Å². The first-order chi connectivity index (χ1) is 16.6. The summed E-state index contributed by atoms with van der Waals surface area (Å²) in [5, 5.41) is 25.9. The largest absolute Gasteiger partial charge is 0.393 e. The molecule has 0 saturated carbocycles. The Morgan fingerprint density at radius 3 is 2.66 bits per heavy atom. The number of carbonyl (C=O) groups is 3. The molecule has 0 bridgehead atoms. The average molecular weight is 504 g/mol. The van der Waals surface area contributed by atoms with E-state index in [4.69, 9.17) is 17.3 Å². The zero-order valence-electron chi connectivity index (χ0n) is 18.4. The van der Waals surface area contributed by atoms with Gasteiger partial charge in [-0.15, -0.1) is 0 Å². The molecule has 2 heterocycles. The average Bonchev–Trinajstić information content (AvgIpc) is 3.39. The van der Waals surface area contributed by atoms with Gasteiger partial charge in [0.2, 0.25) is 5.91 Å². The third kappa shape index (κ3) is 4.78. The third-order valence-corrected chi connectivity index (χ3v) is 6.24. The summed E-state index contributed by atoms with van der Waals surface area (Å²) in [6, 6.07) is 8.49. The minimum Gasteiger partial charge on any atom is -0.393 e. The minimum absolute atomic E-state index is 0.0941. The molecule has 35 heavy (non-hydrogen) atoms. The number of aliphatic hydroxyl groups is 2. The molecule has 1 aromatic heterocycles. The Balaban J connectivity index is 1.55. The van der Waals surface area contributed by atoms with Crippen LogP contribution in [0, 0.1) is 5.82 Å². The van der Waals surface area contributed by atoms with Crippen LogP contribution in [-0.2, 0) is 11.3 Å². The molecule has 1 fully saturated rings. The minimum atomic E-state index is -1.71. The van der Waals surface area contributed by atoms with Crippen LogP contribution in [0.5, 0.6) is 0 Å². The lowest BCUT2D eigenvalue weighted by Gasteiger charge is -2.24. The molecule has 1 aliphatic rings. The summed E-state index contributed by atoms with van der Waals surface area (Å²) in [6.07, 6.45) is 1.13. The highest BCUT2D eigenvalue weighted by Gasteiger charge is 2.47. The number of carbonyl (C=O) groups excluding carboxylic acids is 3. The van der Waals surface area contributed by atoms with Crippen molar-refractivity contribution in [2.24, 2.45) is 5.73 Å². The Morgan fingerprint density at radius 2 is 1.94 bits per heavy atom. The zero-order valence-corrected chi connectivity index (χ0v) is 19.1. The van der Waals surface area contributed by atoms with E-state index in [-0.39, 0.29) is 35.8 Å². The number of rotatable bonds is 5. The quantitative estimate of drug-likeness (QED) is 0.361. The number of hydrogen-bond donors (Lipinski definition) is 5. The smallest absolute Gasteiger partial charge is 0.323 e. The van der Waals surface area contributed by atoms with Gasteiger partial charge in [-0.25, -0.2) is 14.0 Å². The number of urea groups is 1. The number of amides is 4. The van der Waals surface area contributed by atoms with E-state index in [1.165, 1.54) is 29.0 Å². The fourth-order valence-corrected chi connectivity index (χ4v) is 4.35. The third-order valence-electron chi connectivity index (χ3n) is 5.95. The summed E-state index contributed by atoms with van der Waals surface area (Å²) < 4.78 is 15.3. The van der Waals surface area contributed by atoms with E-state index >= 15 is 0 Å². The molecule has 0 aliphatic carbocycles. The van der Waals surface area contributed by atoms with E-state index < -0.39 is 42.0 Å². The van der Waals surface area contributed by atoms with Crippen molar-refractivity contribution in [3.8, 4) is 0 Å². The van der Waals surface area contributed by atoms with Crippen LogP contribution in [0.15, 0.2) is 48.7 Å². The highest BCUT2D eigenvalue weighted by molar-refractivity contribution is 6.30. The zero-order chi connectivity index (χ0) is 25.3. The highest BCUT2D eigenvalue weighted by Crippen LogP contribution is 2.30. The van der Waals surface area contributed by atoms with Crippen LogP contribution < -0.4 is 16.4 Å². The maximum atomic E-state index is 14.2. The predicted molar refractivity (Wildman–Crippen MR) is 126 cm³/mol. The molecule has 2 aromatic carbocycles. The van der Waals surface area contributed by atoms with Crippen LogP contribution >= 0.6 is 11.6 Å².